The van der Waals surface area contributed by atoms with Crippen molar-refractivity contribution >= 4 is 23.5 Å². The molecule has 0 spiro atoms. The van der Waals surface area contributed by atoms with Crippen molar-refractivity contribution in [2.24, 2.45) is 0 Å². The molecule has 1 atom stereocenters. The smallest absolute Gasteiger partial charge is 0.453 e. The van der Waals surface area contributed by atoms with Gasteiger partial charge >= 0.3 is 6.18 Å². The zero-order valence-electron chi connectivity index (χ0n) is 12.8. The minimum absolute atomic E-state index is 0.0536. The topological polar surface area (TPSA) is 107 Å². The lowest BCUT2D eigenvalue weighted by molar-refractivity contribution is -0.145. The number of fused-ring (bicyclic) bond motifs is 2. The van der Waals surface area contributed by atoms with E-state index in [2.05, 4.69) is 20.7 Å². The maximum absolute atomic E-state index is 12.8. The Labute approximate surface area is 143 Å². The first-order valence-corrected chi connectivity index (χ1v) is 7.35. The molecule has 136 valence electrons. The summed E-state index contributed by atoms with van der Waals surface area (Å²) in [4.78, 5) is 27.5. The summed E-state index contributed by atoms with van der Waals surface area (Å²) in [6, 6.07) is 3.35. The van der Waals surface area contributed by atoms with Crippen LogP contribution in [0.2, 0.25) is 0 Å². The molecule has 1 unspecified atom stereocenters. The molecule has 2 aromatic rings. The van der Waals surface area contributed by atoms with Gasteiger partial charge in [-0.05, 0) is 12.1 Å². The summed E-state index contributed by atoms with van der Waals surface area (Å²) in [7, 11) is 0. The number of ether oxygens (including phenoxy) is 2. The highest BCUT2D eigenvalue weighted by atomic mass is 19.4. The van der Waals surface area contributed by atoms with Crippen LogP contribution in [-0.4, -0.2) is 33.4 Å². The van der Waals surface area contributed by atoms with E-state index >= 15 is 0 Å². The van der Waals surface area contributed by atoms with Crippen molar-refractivity contribution in [3.8, 4) is 11.5 Å². The molecule has 26 heavy (non-hydrogen) atoms. The van der Waals surface area contributed by atoms with Crippen LogP contribution in [0.15, 0.2) is 18.2 Å². The van der Waals surface area contributed by atoms with Crippen LogP contribution in [0.1, 0.15) is 18.3 Å². The first kappa shape index (κ1) is 16.2. The van der Waals surface area contributed by atoms with Crippen LogP contribution in [0, 0.1) is 0 Å². The van der Waals surface area contributed by atoms with Gasteiger partial charge < -0.3 is 14.8 Å². The van der Waals surface area contributed by atoms with E-state index in [1.807, 2.05) is 0 Å². The molecule has 0 aliphatic carbocycles. The number of benzene rings is 1. The number of hydrogen-bond acceptors (Lipinski definition) is 6. The Morgan fingerprint density at radius 1 is 1.31 bits per heavy atom. The van der Waals surface area contributed by atoms with Crippen molar-refractivity contribution < 1.29 is 32.2 Å². The molecular weight excluding hydrogens is 359 g/mol. The van der Waals surface area contributed by atoms with Crippen molar-refractivity contribution in [1.82, 2.24) is 14.8 Å². The van der Waals surface area contributed by atoms with Crippen LogP contribution < -0.4 is 20.1 Å². The fourth-order valence-electron chi connectivity index (χ4n) is 2.59. The zero-order valence-corrected chi connectivity index (χ0v) is 12.8. The minimum Gasteiger partial charge on any atom is -0.454 e. The number of halogens is 3. The monoisotopic (exact) mass is 369 g/mol. The lowest BCUT2D eigenvalue weighted by Crippen LogP contribution is -2.36. The van der Waals surface area contributed by atoms with E-state index in [0.717, 1.165) is 4.68 Å². The average molecular weight is 369 g/mol. The third-order valence-corrected chi connectivity index (χ3v) is 3.75. The molecule has 0 saturated carbocycles. The summed E-state index contributed by atoms with van der Waals surface area (Å²) in [5, 5.41) is 8.01. The minimum atomic E-state index is -4.80. The quantitative estimate of drug-likeness (QED) is 0.832. The first-order chi connectivity index (χ1) is 12.3. The number of hydrogen-bond donors (Lipinski definition) is 2. The number of carbonyl (C=O) groups is 2. The van der Waals surface area contributed by atoms with Crippen LogP contribution in [-0.2, 0) is 15.8 Å². The highest BCUT2D eigenvalue weighted by Crippen LogP contribution is 2.35. The molecule has 12 heteroatoms. The number of carbonyl (C=O) groups excluding carboxylic acids is 2. The number of nitrogens with one attached hydrogen (secondary N) is 2. The van der Waals surface area contributed by atoms with Gasteiger partial charge in [0.1, 0.15) is 6.04 Å². The lowest BCUT2D eigenvalue weighted by atomic mass is 10.1. The van der Waals surface area contributed by atoms with Crippen molar-refractivity contribution in [3.63, 3.8) is 0 Å². The van der Waals surface area contributed by atoms with Gasteiger partial charge in [-0.3, -0.25) is 14.9 Å². The summed E-state index contributed by atoms with van der Waals surface area (Å²) in [5.74, 6) is -2.28. The molecule has 0 radical (unpaired) electrons. The lowest BCUT2D eigenvalue weighted by Gasteiger charge is -2.22. The Kier molecular flexibility index (Phi) is 3.49. The van der Waals surface area contributed by atoms with Gasteiger partial charge in [0.2, 0.25) is 24.6 Å². The molecule has 0 bridgehead atoms. The van der Waals surface area contributed by atoms with Gasteiger partial charge in [0.25, 0.3) is 5.82 Å². The van der Waals surface area contributed by atoms with Gasteiger partial charge in [0, 0.05) is 11.8 Å². The van der Waals surface area contributed by atoms with E-state index in [1.165, 1.54) is 12.1 Å². The number of rotatable bonds is 2. The summed E-state index contributed by atoms with van der Waals surface area (Å²) in [6.07, 6.45) is -5.17. The molecule has 3 heterocycles. The van der Waals surface area contributed by atoms with E-state index in [0.29, 0.717) is 17.2 Å². The second-order valence-corrected chi connectivity index (χ2v) is 5.53. The molecule has 1 aromatic heterocycles. The van der Waals surface area contributed by atoms with Crippen LogP contribution in [0.4, 0.5) is 24.8 Å². The highest BCUT2D eigenvalue weighted by Gasteiger charge is 2.41. The Hall–Kier alpha value is -3.31. The van der Waals surface area contributed by atoms with E-state index < -0.39 is 35.8 Å². The van der Waals surface area contributed by atoms with E-state index in [4.69, 9.17) is 9.47 Å². The molecule has 4 rings (SSSR count). The SMILES string of the molecule is O=C1CC(C(=O)Nc2ccc3c(c2)OCO3)n2nc(C(F)(F)F)nc2N1. The molecule has 9 nitrogen and oxygen atoms in total. The van der Waals surface area contributed by atoms with Gasteiger partial charge in [-0.25, -0.2) is 4.68 Å². The van der Waals surface area contributed by atoms with Crippen LogP contribution in [0.25, 0.3) is 0 Å². The molecule has 2 amide bonds. The predicted octanol–water partition coefficient (Wildman–Crippen LogP) is 1.55. The van der Waals surface area contributed by atoms with Crippen LogP contribution in [0.5, 0.6) is 11.5 Å². The fourth-order valence-corrected chi connectivity index (χ4v) is 2.59. The second-order valence-electron chi connectivity index (χ2n) is 5.53. The standard InChI is InChI=1S/C14H10F3N5O4/c15-14(16,17)12-20-13-19-10(23)4-7(22(13)21-12)11(24)18-6-1-2-8-9(3-6)26-5-25-8/h1-3,7H,4-5H2,(H,18,24)(H,19,20,21,23). The van der Waals surface area contributed by atoms with Gasteiger partial charge in [0.15, 0.2) is 11.5 Å². The Balaban J connectivity index is 1.60. The zero-order chi connectivity index (χ0) is 18.5. The molecule has 2 aliphatic rings. The van der Waals surface area contributed by atoms with Crippen molar-refractivity contribution in [2.75, 3.05) is 17.4 Å². The Morgan fingerprint density at radius 3 is 2.85 bits per heavy atom. The van der Waals surface area contributed by atoms with Gasteiger partial charge in [-0.1, -0.05) is 0 Å². The normalized spacial score (nSPS) is 18.3. The summed E-state index contributed by atoms with van der Waals surface area (Å²) in [5.41, 5.74) is 0.336. The van der Waals surface area contributed by atoms with E-state index in [1.54, 1.807) is 6.07 Å². The maximum atomic E-state index is 12.8. The molecular formula is C14H10F3N5O4. The number of amides is 2. The van der Waals surface area contributed by atoms with Gasteiger partial charge in [-0.15, -0.1) is 5.10 Å². The highest BCUT2D eigenvalue weighted by molar-refractivity contribution is 6.00. The third kappa shape index (κ3) is 2.78. The molecule has 2 N–H and O–H groups in total. The van der Waals surface area contributed by atoms with Gasteiger partial charge in [-0.2, -0.15) is 18.2 Å². The summed E-state index contributed by atoms with van der Waals surface area (Å²) < 4.78 is 49.5. The van der Waals surface area contributed by atoms with E-state index in [-0.39, 0.29) is 13.2 Å². The molecule has 2 aliphatic heterocycles. The molecule has 0 fully saturated rings. The predicted molar refractivity (Wildman–Crippen MR) is 78.5 cm³/mol. The third-order valence-electron chi connectivity index (χ3n) is 3.75. The maximum Gasteiger partial charge on any atom is 0.453 e. The second kappa shape index (κ2) is 5.61. The molecule has 1 aromatic carbocycles. The summed E-state index contributed by atoms with van der Waals surface area (Å²) >= 11 is 0. The molecule has 0 saturated heterocycles. The Bertz CT molecular complexity index is 910. The van der Waals surface area contributed by atoms with Crippen molar-refractivity contribution in [2.45, 2.75) is 18.6 Å². The van der Waals surface area contributed by atoms with E-state index in [9.17, 15) is 22.8 Å². The van der Waals surface area contributed by atoms with Crippen LogP contribution in [0.3, 0.4) is 0 Å². The van der Waals surface area contributed by atoms with Crippen LogP contribution >= 0.6 is 0 Å². The number of nitrogens with zero attached hydrogens (tertiary/aromatic N) is 3. The Morgan fingerprint density at radius 2 is 2.08 bits per heavy atom. The first-order valence-electron chi connectivity index (χ1n) is 7.35. The average Bonchev–Trinajstić information content (AvgIpc) is 3.19. The van der Waals surface area contributed by atoms with Crippen molar-refractivity contribution in [3.05, 3.63) is 24.0 Å². The number of alkyl halides is 3. The van der Waals surface area contributed by atoms with Gasteiger partial charge in [0.05, 0.1) is 6.42 Å². The fraction of sp³-hybridized carbons (Fsp3) is 0.286. The van der Waals surface area contributed by atoms with Crippen molar-refractivity contribution in [1.29, 1.82) is 0 Å². The number of aromatic nitrogens is 3. The summed E-state index contributed by atoms with van der Waals surface area (Å²) in [6.45, 7) is 0.0536. The number of anilines is 2. The largest absolute Gasteiger partial charge is 0.454 e.